The first kappa shape index (κ1) is 57.3. The minimum atomic E-state index is -0.464. The summed E-state index contributed by atoms with van der Waals surface area (Å²) in [5, 5.41) is 0. The number of carbonyl (C=O) groups is 1. The van der Waals surface area contributed by atoms with Gasteiger partial charge < -0.3 is 9.47 Å². The summed E-state index contributed by atoms with van der Waals surface area (Å²) >= 11 is 0. The number of unbranched alkanes of at least 4 members (excludes halogenated alkanes) is 48. The van der Waals surface area contributed by atoms with Crippen molar-refractivity contribution >= 4 is 6.16 Å². The molecule has 0 radical (unpaired) electrons. The van der Waals surface area contributed by atoms with E-state index in [1.165, 1.54) is 295 Å². The Morgan fingerprint density at radius 2 is 0.328 bits per heavy atom. The fraction of sp³-hybridized carbons (Fsp3) is 0.982. The Labute approximate surface area is 367 Å². The molecular formula is C55H110O3. The predicted molar refractivity (Wildman–Crippen MR) is 259 cm³/mol. The first-order valence-electron chi connectivity index (χ1n) is 27.6. The van der Waals surface area contributed by atoms with Crippen molar-refractivity contribution in [2.75, 3.05) is 13.2 Å². The maximum atomic E-state index is 11.9. The quantitative estimate of drug-likeness (QED) is 0.0453. The van der Waals surface area contributed by atoms with Gasteiger partial charge in [0.25, 0.3) is 0 Å². The third kappa shape index (κ3) is 53.3. The van der Waals surface area contributed by atoms with Crippen molar-refractivity contribution in [2.45, 2.75) is 335 Å². The van der Waals surface area contributed by atoms with E-state index >= 15 is 0 Å². The van der Waals surface area contributed by atoms with E-state index in [0.717, 1.165) is 25.7 Å². The molecule has 0 amide bonds. The molecule has 0 aliphatic rings. The number of ether oxygens (including phenoxy) is 2. The van der Waals surface area contributed by atoms with Gasteiger partial charge in [-0.2, -0.15) is 0 Å². The highest BCUT2D eigenvalue weighted by Crippen LogP contribution is 2.18. The van der Waals surface area contributed by atoms with Gasteiger partial charge in [0, 0.05) is 0 Å². The molecule has 0 unspecified atom stereocenters. The smallest absolute Gasteiger partial charge is 0.434 e. The standard InChI is InChI=1S/C55H110O3/c1-3-5-7-9-11-13-15-17-19-21-23-25-27-29-31-33-35-37-39-41-43-45-47-49-51-53-57-55(56)58-54-52-50-48-46-44-42-40-38-36-34-32-30-28-26-24-22-20-18-16-14-12-10-8-6-4-2/h3-54H2,1-2H3. The molecule has 58 heavy (non-hydrogen) atoms. The van der Waals surface area contributed by atoms with Crippen LogP contribution in [0.25, 0.3) is 0 Å². The molecule has 0 fully saturated rings. The van der Waals surface area contributed by atoms with Crippen molar-refractivity contribution in [1.82, 2.24) is 0 Å². The molecule has 0 saturated carbocycles. The van der Waals surface area contributed by atoms with Crippen LogP contribution in [0, 0.1) is 0 Å². The molecule has 0 spiro atoms. The molecule has 3 heteroatoms. The van der Waals surface area contributed by atoms with Crippen LogP contribution in [0.15, 0.2) is 0 Å². The largest absolute Gasteiger partial charge is 0.508 e. The summed E-state index contributed by atoms with van der Waals surface area (Å²) in [4.78, 5) is 11.9. The van der Waals surface area contributed by atoms with Crippen LogP contribution in [0.1, 0.15) is 335 Å². The first-order chi connectivity index (χ1) is 28.8. The lowest BCUT2D eigenvalue weighted by Gasteiger charge is -2.07. The topological polar surface area (TPSA) is 35.5 Å². The van der Waals surface area contributed by atoms with E-state index in [9.17, 15) is 4.79 Å². The number of carbonyl (C=O) groups excluding carboxylic acids is 1. The maximum Gasteiger partial charge on any atom is 0.508 e. The molecule has 0 saturated heterocycles. The van der Waals surface area contributed by atoms with Crippen molar-refractivity contribution in [1.29, 1.82) is 0 Å². The molecule has 348 valence electrons. The van der Waals surface area contributed by atoms with E-state index < -0.39 is 6.16 Å². The molecule has 0 heterocycles. The molecule has 0 bridgehead atoms. The number of hydrogen-bond donors (Lipinski definition) is 0. The molecule has 0 aliphatic heterocycles. The molecular weight excluding hydrogens is 709 g/mol. The zero-order chi connectivity index (χ0) is 41.8. The Kier molecular flexibility index (Phi) is 53.6. The second-order valence-electron chi connectivity index (χ2n) is 18.9. The van der Waals surface area contributed by atoms with Gasteiger partial charge in [-0.05, 0) is 12.8 Å². The van der Waals surface area contributed by atoms with Crippen molar-refractivity contribution in [3.8, 4) is 0 Å². The van der Waals surface area contributed by atoms with Crippen LogP contribution >= 0.6 is 0 Å². The Balaban J connectivity index is 3.14. The van der Waals surface area contributed by atoms with E-state index in [2.05, 4.69) is 13.8 Å². The van der Waals surface area contributed by atoms with Crippen molar-refractivity contribution in [3.05, 3.63) is 0 Å². The molecule has 0 aromatic carbocycles. The molecule has 0 aromatic rings. The van der Waals surface area contributed by atoms with Crippen LogP contribution in [0.3, 0.4) is 0 Å². The molecule has 0 N–H and O–H groups in total. The van der Waals surface area contributed by atoms with Gasteiger partial charge in [-0.1, -0.05) is 322 Å². The van der Waals surface area contributed by atoms with Crippen molar-refractivity contribution in [2.24, 2.45) is 0 Å². The Hall–Kier alpha value is -0.730. The zero-order valence-electron chi connectivity index (χ0n) is 40.5. The summed E-state index contributed by atoms with van der Waals surface area (Å²) in [5.41, 5.74) is 0. The fourth-order valence-corrected chi connectivity index (χ4v) is 8.83. The van der Waals surface area contributed by atoms with Crippen LogP contribution in [-0.4, -0.2) is 19.4 Å². The number of rotatable bonds is 52. The minimum absolute atomic E-state index is 0.464. The summed E-state index contributed by atoms with van der Waals surface area (Å²) in [5.74, 6) is 0. The highest BCUT2D eigenvalue weighted by molar-refractivity contribution is 5.59. The monoisotopic (exact) mass is 819 g/mol. The van der Waals surface area contributed by atoms with Gasteiger partial charge in [0.1, 0.15) is 0 Å². The van der Waals surface area contributed by atoms with Gasteiger partial charge in [-0.15, -0.1) is 0 Å². The average Bonchev–Trinajstić information content (AvgIpc) is 3.23. The maximum absolute atomic E-state index is 11.9. The van der Waals surface area contributed by atoms with Gasteiger partial charge in [0.05, 0.1) is 13.2 Å². The third-order valence-corrected chi connectivity index (χ3v) is 12.9. The van der Waals surface area contributed by atoms with Gasteiger partial charge in [-0.3, -0.25) is 0 Å². The Morgan fingerprint density at radius 3 is 0.466 bits per heavy atom. The lowest BCUT2D eigenvalue weighted by Crippen LogP contribution is -2.09. The van der Waals surface area contributed by atoms with Gasteiger partial charge in [0.15, 0.2) is 0 Å². The second-order valence-corrected chi connectivity index (χ2v) is 18.9. The summed E-state index contributed by atoms with van der Waals surface area (Å²) in [7, 11) is 0. The van der Waals surface area contributed by atoms with Crippen molar-refractivity contribution in [3.63, 3.8) is 0 Å². The average molecular weight is 819 g/mol. The summed E-state index contributed by atoms with van der Waals surface area (Å²) in [6.45, 7) is 5.63. The van der Waals surface area contributed by atoms with Crippen LogP contribution < -0.4 is 0 Å². The molecule has 0 aromatic heterocycles. The van der Waals surface area contributed by atoms with Gasteiger partial charge >= 0.3 is 6.16 Å². The fourth-order valence-electron chi connectivity index (χ4n) is 8.83. The van der Waals surface area contributed by atoms with E-state index in [-0.39, 0.29) is 0 Å². The Bertz CT molecular complexity index is 664. The summed E-state index contributed by atoms with van der Waals surface area (Å²) in [6.07, 6.45) is 69.6. The molecule has 0 rings (SSSR count). The van der Waals surface area contributed by atoms with Gasteiger partial charge in [-0.25, -0.2) is 4.79 Å². The van der Waals surface area contributed by atoms with Crippen LogP contribution in [0.4, 0.5) is 4.79 Å². The van der Waals surface area contributed by atoms with Crippen LogP contribution in [0.5, 0.6) is 0 Å². The zero-order valence-corrected chi connectivity index (χ0v) is 40.5. The van der Waals surface area contributed by atoms with Crippen molar-refractivity contribution < 1.29 is 14.3 Å². The van der Waals surface area contributed by atoms with E-state index in [0.29, 0.717) is 13.2 Å². The van der Waals surface area contributed by atoms with E-state index in [1.54, 1.807) is 0 Å². The Morgan fingerprint density at radius 1 is 0.207 bits per heavy atom. The van der Waals surface area contributed by atoms with Gasteiger partial charge in [0.2, 0.25) is 0 Å². The normalized spacial score (nSPS) is 11.5. The SMILES string of the molecule is CCCCCCCCCCCCCCCCCCCCCCCCCCCOC(=O)OCCCCCCCCCCCCCCCCCCCCCCCCCCC. The third-order valence-electron chi connectivity index (χ3n) is 12.9. The minimum Gasteiger partial charge on any atom is -0.434 e. The molecule has 0 aliphatic carbocycles. The first-order valence-corrected chi connectivity index (χ1v) is 27.6. The summed E-state index contributed by atoms with van der Waals surface area (Å²) in [6, 6.07) is 0. The van der Waals surface area contributed by atoms with E-state index in [4.69, 9.17) is 9.47 Å². The molecule has 3 nitrogen and oxygen atoms in total. The number of hydrogen-bond acceptors (Lipinski definition) is 3. The molecule has 0 atom stereocenters. The highest BCUT2D eigenvalue weighted by atomic mass is 16.7. The van der Waals surface area contributed by atoms with E-state index in [1.807, 2.05) is 0 Å². The second kappa shape index (κ2) is 54.3. The lowest BCUT2D eigenvalue weighted by atomic mass is 10.0. The van der Waals surface area contributed by atoms with Crippen LogP contribution in [0.2, 0.25) is 0 Å². The summed E-state index contributed by atoms with van der Waals surface area (Å²) < 4.78 is 10.6. The lowest BCUT2D eigenvalue weighted by molar-refractivity contribution is 0.0529. The van der Waals surface area contributed by atoms with Crippen LogP contribution in [-0.2, 0) is 9.47 Å². The predicted octanol–water partition coefficient (Wildman–Crippen LogP) is 20.7. The highest BCUT2D eigenvalue weighted by Gasteiger charge is 2.04.